The van der Waals surface area contributed by atoms with Gasteiger partial charge in [0.2, 0.25) is 0 Å². The lowest BCUT2D eigenvalue weighted by Crippen LogP contribution is -2.56. The van der Waals surface area contributed by atoms with Crippen LogP contribution in [0.3, 0.4) is 0 Å². The first-order chi connectivity index (χ1) is 25.2. The molecule has 0 saturated carbocycles. The molecule has 4 N–H and O–H groups in total. The van der Waals surface area contributed by atoms with Gasteiger partial charge in [-0.15, -0.1) is 0 Å². The molecule has 0 aromatic heterocycles. The first kappa shape index (κ1) is 36.3. The Kier molecular flexibility index (Phi) is 11.3. The molecule has 52 heavy (non-hydrogen) atoms. The lowest BCUT2D eigenvalue weighted by molar-refractivity contribution is -0.150. The zero-order valence-corrected chi connectivity index (χ0v) is 29.5. The standard InChI is InChI=1S/C42H45N3O7/c1-26(2)23-38(40(47)48)45(42(50)52-25-36-33-19-9-5-15-29(33)30-16-6-10-20-34(30)36)39(46)37(21-11-12-22-43)44-41(49)51-24-35-31-17-7-3-13-27(31)28-14-4-8-18-32(28)35/h3-10,13-20,26,35-38H,11-12,21-25,43H2,1-2H3,(H,44,49)(H,47,48)/t37-,38-/m0/s1. The van der Waals surface area contributed by atoms with Gasteiger partial charge in [0.25, 0.3) is 5.91 Å². The Bertz CT molecular complexity index is 1850. The molecule has 0 fully saturated rings. The van der Waals surface area contributed by atoms with E-state index in [0.29, 0.717) is 24.3 Å². The van der Waals surface area contributed by atoms with Gasteiger partial charge in [-0.05, 0) is 82.7 Å². The number of imide groups is 1. The van der Waals surface area contributed by atoms with Crippen molar-refractivity contribution in [3.05, 3.63) is 119 Å². The monoisotopic (exact) mass is 703 g/mol. The van der Waals surface area contributed by atoms with Gasteiger partial charge in [0.1, 0.15) is 25.3 Å². The molecule has 4 aromatic carbocycles. The van der Waals surface area contributed by atoms with E-state index in [4.69, 9.17) is 15.2 Å². The number of hydrogen-bond donors (Lipinski definition) is 3. The van der Waals surface area contributed by atoms with Crippen molar-refractivity contribution in [1.82, 2.24) is 10.2 Å². The van der Waals surface area contributed by atoms with Crippen LogP contribution >= 0.6 is 0 Å². The SMILES string of the molecule is CC(C)C[C@@H](C(=O)O)N(C(=O)OCC1c2ccccc2-c2ccccc21)C(=O)[C@H](CCCCN)NC(=O)OCC1c2ccccc2-c2ccccc21. The third kappa shape index (κ3) is 7.57. The second-order valence-corrected chi connectivity index (χ2v) is 13.8. The maximum atomic E-state index is 14.4. The van der Waals surface area contributed by atoms with E-state index in [1.807, 2.05) is 111 Å². The molecular formula is C42H45N3O7. The number of benzene rings is 4. The van der Waals surface area contributed by atoms with Gasteiger partial charge in [-0.1, -0.05) is 111 Å². The van der Waals surface area contributed by atoms with E-state index in [1.165, 1.54) is 0 Å². The maximum Gasteiger partial charge on any atom is 0.417 e. The number of aliphatic carboxylic acids is 1. The molecule has 2 aliphatic rings. The molecule has 10 nitrogen and oxygen atoms in total. The molecule has 2 atom stereocenters. The molecule has 0 unspecified atom stereocenters. The highest BCUT2D eigenvalue weighted by Gasteiger charge is 2.41. The summed E-state index contributed by atoms with van der Waals surface area (Å²) >= 11 is 0. The fraction of sp³-hybridized carbons (Fsp3) is 0.333. The molecular weight excluding hydrogens is 658 g/mol. The minimum absolute atomic E-state index is 0.00820. The quantitative estimate of drug-likeness (QED) is 0.116. The normalized spacial score (nSPS) is 14.1. The molecule has 3 amide bonds. The number of hydrogen-bond acceptors (Lipinski definition) is 7. The number of carboxylic acids is 1. The van der Waals surface area contributed by atoms with E-state index < -0.39 is 36.1 Å². The van der Waals surface area contributed by atoms with Crippen molar-refractivity contribution in [3.63, 3.8) is 0 Å². The highest BCUT2D eigenvalue weighted by atomic mass is 16.6. The number of carbonyl (C=O) groups excluding carboxylic acids is 3. The number of carboxylic acid groups (broad SMARTS) is 1. The molecule has 0 radical (unpaired) electrons. The molecule has 2 aliphatic carbocycles. The summed E-state index contributed by atoms with van der Waals surface area (Å²) in [6, 6.07) is 28.8. The van der Waals surface area contributed by atoms with Crippen LogP contribution in [0.2, 0.25) is 0 Å². The first-order valence-electron chi connectivity index (χ1n) is 17.9. The number of alkyl carbamates (subject to hydrolysis) is 1. The number of unbranched alkanes of at least 4 members (excludes halogenated alkanes) is 1. The summed E-state index contributed by atoms with van der Waals surface area (Å²) in [7, 11) is 0. The van der Waals surface area contributed by atoms with Gasteiger partial charge in [0, 0.05) is 11.8 Å². The number of rotatable bonds is 14. The molecule has 0 saturated heterocycles. The van der Waals surface area contributed by atoms with Gasteiger partial charge in [0.05, 0.1) is 0 Å². The predicted molar refractivity (Wildman–Crippen MR) is 198 cm³/mol. The predicted octanol–water partition coefficient (Wildman–Crippen LogP) is 7.30. The molecule has 4 aromatic rings. The lowest BCUT2D eigenvalue weighted by Gasteiger charge is -2.31. The van der Waals surface area contributed by atoms with Gasteiger partial charge in [-0.2, -0.15) is 0 Å². The molecule has 0 aliphatic heterocycles. The summed E-state index contributed by atoms with van der Waals surface area (Å²) in [6.07, 6.45) is -0.839. The highest BCUT2D eigenvalue weighted by Crippen LogP contribution is 2.45. The van der Waals surface area contributed by atoms with Crippen molar-refractivity contribution in [2.45, 2.75) is 63.5 Å². The second-order valence-electron chi connectivity index (χ2n) is 13.8. The number of ether oxygens (including phenoxy) is 2. The van der Waals surface area contributed by atoms with Gasteiger partial charge in [0.15, 0.2) is 0 Å². The van der Waals surface area contributed by atoms with Crippen LogP contribution in [-0.2, 0) is 19.1 Å². The largest absolute Gasteiger partial charge is 0.480 e. The zero-order chi connectivity index (χ0) is 36.8. The van der Waals surface area contributed by atoms with E-state index in [9.17, 15) is 24.3 Å². The Morgan fingerprint density at radius 3 is 1.58 bits per heavy atom. The van der Waals surface area contributed by atoms with Crippen LogP contribution < -0.4 is 11.1 Å². The third-order valence-electron chi connectivity index (χ3n) is 9.94. The summed E-state index contributed by atoms with van der Waals surface area (Å²) in [6.45, 7) is 3.88. The minimum atomic E-state index is -1.52. The van der Waals surface area contributed by atoms with E-state index in [0.717, 1.165) is 44.5 Å². The van der Waals surface area contributed by atoms with Crippen LogP contribution in [0.4, 0.5) is 9.59 Å². The van der Waals surface area contributed by atoms with Crippen molar-refractivity contribution in [2.24, 2.45) is 11.7 Å². The Hall–Kier alpha value is -5.48. The Morgan fingerprint density at radius 2 is 1.15 bits per heavy atom. The van der Waals surface area contributed by atoms with Gasteiger partial charge < -0.3 is 25.6 Å². The molecule has 270 valence electrons. The van der Waals surface area contributed by atoms with Crippen molar-refractivity contribution >= 4 is 24.1 Å². The van der Waals surface area contributed by atoms with Crippen LogP contribution in [0.5, 0.6) is 0 Å². The third-order valence-corrected chi connectivity index (χ3v) is 9.94. The maximum absolute atomic E-state index is 14.4. The van der Waals surface area contributed by atoms with E-state index >= 15 is 0 Å². The number of fused-ring (bicyclic) bond motifs is 6. The van der Waals surface area contributed by atoms with E-state index in [-0.39, 0.29) is 43.8 Å². The average molecular weight is 704 g/mol. The van der Waals surface area contributed by atoms with Crippen molar-refractivity contribution in [3.8, 4) is 22.3 Å². The molecule has 6 rings (SSSR count). The molecule has 0 heterocycles. The summed E-state index contributed by atoms with van der Waals surface area (Å²) in [4.78, 5) is 55.2. The number of amides is 3. The second kappa shape index (κ2) is 16.2. The van der Waals surface area contributed by atoms with Gasteiger partial charge >= 0.3 is 18.2 Å². The number of nitrogens with one attached hydrogen (secondary N) is 1. The average Bonchev–Trinajstić information content (AvgIpc) is 3.64. The van der Waals surface area contributed by atoms with Crippen LogP contribution in [0, 0.1) is 5.92 Å². The summed E-state index contributed by atoms with van der Waals surface area (Å²) in [5.74, 6) is -2.91. The highest BCUT2D eigenvalue weighted by molar-refractivity contribution is 6.00. The topological polar surface area (TPSA) is 148 Å². The van der Waals surface area contributed by atoms with E-state index in [2.05, 4.69) is 5.32 Å². The minimum Gasteiger partial charge on any atom is -0.480 e. The van der Waals surface area contributed by atoms with Crippen molar-refractivity contribution in [1.29, 1.82) is 0 Å². The van der Waals surface area contributed by atoms with Crippen LogP contribution in [-0.4, -0.2) is 65.9 Å². The Morgan fingerprint density at radius 1 is 0.712 bits per heavy atom. The summed E-state index contributed by atoms with van der Waals surface area (Å²) in [5, 5.41) is 13.0. The summed E-state index contributed by atoms with van der Waals surface area (Å²) < 4.78 is 11.6. The van der Waals surface area contributed by atoms with Crippen LogP contribution in [0.15, 0.2) is 97.1 Å². The van der Waals surface area contributed by atoms with Gasteiger partial charge in [-0.25, -0.2) is 19.3 Å². The van der Waals surface area contributed by atoms with Crippen molar-refractivity contribution < 1.29 is 33.8 Å². The van der Waals surface area contributed by atoms with E-state index in [1.54, 1.807) is 0 Å². The fourth-order valence-electron chi connectivity index (χ4n) is 7.50. The molecule has 0 spiro atoms. The van der Waals surface area contributed by atoms with Crippen LogP contribution in [0.1, 0.15) is 73.6 Å². The van der Waals surface area contributed by atoms with Crippen molar-refractivity contribution in [2.75, 3.05) is 19.8 Å². The lowest BCUT2D eigenvalue weighted by atomic mass is 9.98. The van der Waals surface area contributed by atoms with Crippen LogP contribution in [0.25, 0.3) is 22.3 Å². The number of nitrogens with two attached hydrogens (primary N) is 1. The number of carbonyl (C=O) groups is 4. The Balaban J connectivity index is 1.22. The number of nitrogens with zero attached hydrogens (tertiary/aromatic N) is 1. The zero-order valence-electron chi connectivity index (χ0n) is 29.5. The van der Waals surface area contributed by atoms with Gasteiger partial charge in [-0.3, -0.25) is 4.79 Å². The Labute approximate surface area is 303 Å². The molecule has 0 bridgehead atoms. The summed E-state index contributed by atoms with van der Waals surface area (Å²) in [5.41, 5.74) is 14.0. The fourth-order valence-corrected chi connectivity index (χ4v) is 7.50. The smallest absolute Gasteiger partial charge is 0.417 e. The first-order valence-corrected chi connectivity index (χ1v) is 17.9. The molecule has 10 heteroatoms.